The summed E-state index contributed by atoms with van der Waals surface area (Å²) < 4.78 is 0. The smallest absolute Gasteiger partial charge is 0.121 e. The first-order valence-electron chi connectivity index (χ1n) is 15.1. The number of benzene rings is 2. The Hall–Kier alpha value is -3.87. The van der Waals surface area contributed by atoms with Crippen molar-refractivity contribution in [3.8, 4) is 0 Å². The molecular weight excluding hydrogens is 504 g/mol. The van der Waals surface area contributed by atoms with Crippen LogP contribution in [0.1, 0.15) is 78.1 Å². The zero-order valence-corrected chi connectivity index (χ0v) is 24.0. The number of hydrogen-bond donors (Lipinski definition) is 2. The van der Waals surface area contributed by atoms with E-state index < -0.39 is 0 Å². The molecule has 0 spiro atoms. The number of rotatable bonds is 12. The molecule has 1 aliphatic rings. The fraction of sp³-hybridized carbons (Fsp3) is 0.343. The Bertz CT molecular complexity index is 1510. The second-order valence-corrected chi connectivity index (χ2v) is 11.2. The predicted octanol–water partition coefficient (Wildman–Crippen LogP) is 7.07. The number of unbranched alkanes of at least 4 members (excludes halogenated alkanes) is 1. The summed E-state index contributed by atoms with van der Waals surface area (Å²) in [6.07, 6.45) is 10.9. The third-order valence-electron chi connectivity index (χ3n) is 8.15. The van der Waals surface area contributed by atoms with Gasteiger partial charge in [0, 0.05) is 32.0 Å². The van der Waals surface area contributed by atoms with E-state index in [1.807, 2.05) is 18.5 Å². The van der Waals surface area contributed by atoms with E-state index in [9.17, 15) is 0 Å². The lowest BCUT2D eigenvalue weighted by atomic mass is 9.90. The van der Waals surface area contributed by atoms with Gasteiger partial charge in [-0.25, -0.2) is 4.98 Å². The lowest BCUT2D eigenvalue weighted by Crippen LogP contribution is -2.31. The van der Waals surface area contributed by atoms with E-state index in [0.717, 1.165) is 68.0 Å². The van der Waals surface area contributed by atoms with Crippen molar-refractivity contribution < 1.29 is 0 Å². The van der Waals surface area contributed by atoms with Crippen molar-refractivity contribution in [2.75, 3.05) is 0 Å². The number of para-hydroxylation sites is 2. The van der Waals surface area contributed by atoms with E-state index in [-0.39, 0.29) is 6.04 Å². The highest BCUT2D eigenvalue weighted by molar-refractivity contribution is 5.74. The molecule has 0 fully saturated rings. The number of aromatic nitrogens is 4. The average molecular weight is 545 g/mol. The third kappa shape index (κ3) is 6.89. The first-order valence-corrected chi connectivity index (χ1v) is 15.1. The van der Waals surface area contributed by atoms with Crippen LogP contribution in [0.4, 0.5) is 0 Å². The molecule has 3 heterocycles. The molecule has 6 heteroatoms. The highest BCUT2D eigenvalue weighted by Crippen LogP contribution is 2.34. The maximum absolute atomic E-state index is 4.90. The normalized spacial score (nSPS) is 14.9. The van der Waals surface area contributed by atoms with E-state index in [1.165, 1.54) is 47.2 Å². The quantitative estimate of drug-likeness (QED) is 0.176. The van der Waals surface area contributed by atoms with Crippen LogP contribution in [-0.2, 0) is 39.0 Å². The molecule has 1 atom stereocenters. The fourth-order valence-corrected chi connectivity index (χ4v) is 5.91. The van der Waals surface area contributed by atoms with E-state index >= 15 is 0 Å². The molecule has 1 aliphatic carbocycles. The van der Waals surface area contributed by atoms with Gasteiger partial charge >= 0.3 is 0 Å². The van der Waals surface area contributed by atoms with Gasteiger partial charge in [-0.05, 0) is 78.6 Å². The Morgan fingerprint density at radius 1 is 0.878 bits per heavy atom. The first kappa shape index (κ1) is 27.3. The lowest BCUT2D eigenvalue weighted by Gasteiger charge is -2.34. The van der Waals surface area contributed by atoms with E-state index in [2.05, 4.69) is 93.8 Å². The Labute approximate surface area is 243 Å². The molecule has 6 rings (SSSR count). The van der Waals surface area contributed by atoms with Crippen LogP contribution in [0.25, 0.3) is 11.0 Å². The van der Waals surface area contributed by atoms with Gasteiger partial charge < -0.3 is 10.3 Å². The van der Waals surface area contributed by atoms with Crippen molar-refractivity contribution in [2.45, 2.75) is 77.7 Å². The maximum Gasteiger partial charge on any atom is 0.121 e. The van der Waals surface area contributed by atoms with Crippen molar-refractivity contribution >= 4 is 11.0 Å². The molecule has 5 aromatic rings. The minimum Gasteiger partial charge on any atom is -0.341 e. The van der Waals surface area contributed by atoms with Gasteiger partial charge in [0.1, 0.15) is 5.82 Å². The van der Waals surface area contributed by atoms with Crippen molar-refractivity contribution in [1.29, 1.82) is 0 Å². The molecule has 2 aromatic carbocycles. The molecule has 0 amide bonds. The number of aryl methyl sites for hydroxylation is 2. The third-order valence-corrected chi connectivity index (χ3v) is 8.15. The number of imidazole rings is 1. The van der Waals surface area contributed by atoms with Gasteiger partial charge in [0.15, 0.2) is 0 Å². The molecule has 0 saturated carbocycles. The van der Waals surface area contributed by atoms with Crippen LogP contribution in [0, 0.1) is 0 Å². The van der Waals surface area contributed by atoms with E-state index in [0.29, 0.717) is 0 Å². The topological polar surface area (TPSA) is 69.7 Å². The van der Waals surface area contributed by atoms with Crippen LogP contribution < -0.4 is 5.32 Å². The second-order valence-electron chi connectivity index (χ2n) is 11.2. The van der Waals surface area contributed by atoms with Crippen LogP contribution in [0.2, 0.25) is 0 Å². The Morgan fingerprint density at radius 3 is 2.56 bits per heavy atom. The summed E-state index contributed by atoms with van der Waals surface area (Å²) in [5.74, 6) is 1.00. The van der Waals surface area contributed by atoms with Gasteiger partial charge in [-0.3, -0.25) is 14.9 Å². The Kier molecular flexibility index (Phi) is 8.79. The molecule has 210 valence electrons. The summed E-state index contributed by atoms with van der Waals surface area (Å²) in [5, 5.41) is 3.56. The number of H-pyrrole nitrogens is 1. The SMILES string of the molecule is CCCCc1ccc(CNCc2ccc(CN(Cc3nc4ccccc4[nH]3)C3CCCc4cccnc43)cc2)nc1. The van der Waals surface area contributed by atoms with Gasteiger partial charge in [0.05, 0.1) is 35.0 Å². The van der Waals surface area contributed by atoms with Crippen LogP contribution in [0.3, 0.4) is 0 Å². The van der Waals surface area contributed by atoms with Crippen LogP contribution in [0.5, 0.6) is 0 Å². The molecule has 3 aromatic heterocycles. The molecule has 0 aliphatic heterocycles. The Morgan fingerprint density at radius 2 is 1.73 bits per heavy atom. The zero-order valence-electron chi connectivity index (χ0n) is 24.0. The number of fused-ring (bicyclic) bond motifs is 2. The zero-order chi connectivity index (χ0) is 27.9. The summed E-state index contributed by atoms with van der Waals surface area (Å²) in [6, 6.07) is 26.2. The summed E-state index contributed by atoms with van der Waals surface area (Å²) in [5.41, 5.74) is 9.71. The van der Waals surface area contributed by atoms with Crippen molar-refractivity contribution in [3.05, 3.63) is 125 Å². The molecule has 0 bridgehead atoms. The van der Waals surface area contributed by atoms with Gasteiger partial charge in [-0.1, -0.05) is 61.9 Å². The fourth-order valence-electron chi connectivity index (χ4n) is 5.91. The van der Waals surface area contributed by atoms with E-state index in [4.69, 9.17) is 9.97 Å². The van der Waals surface area contributed by atoms with Gasteiger partial charge in [0.2, 0.25) is 0 Å². The van der Waals surface area contributed by atoms with Crippen LogP contribution in [-0.4, -0.2) is 24.8 Å². The van der Waals surface area contributed by atoms with Crippen LogP contribution >= 0.6 is 0 Å². The summed E-state index contributed by atoms with van der Waals surface area (Å²) in [7, 11) is 0. The molecule has 0 radical (unpaired) electrons. The van der Waals surface area contributed by atoms with Crippen LogP contribution in [0.15, 0.2) is 85.2 Å². The van der Waals surface area contributed by atoms with Gasteiger partial charge in [-0.15, -0.1) is 0 Å². The van der Waals surface area contributed by atoms with Gasteiger partial charge in [0.25, 0.3) is 0 Å². The molecule has 41 heavy (non-hydrogen) atoms. The minimum atomic E-state index is 0.273. The Balaban J connectivity index is 1.12. The monoisotopic (exact) mass is 544 g/mol. The number of nitrogens with zero attached hydrogens (tertiary/aromatic N) is 4. The number of hydrogen-bond acceptors (Lipinski definition) is 5. The van der Waals surface area contributed by atoms with Crippen molar-refractivity contribution in [3.63, 3.8) is 0 Å². The maximum atomic E-state index is 4.90. The number of nitrogens with one attached hydrogen (secondary N) is 2. The van der Waals surface area contributed by atoms with E-state index in [1.54, 1.807) is 0 Å². The standard InChI is InChI=1S/C35H40N6/c1-2-3-8-26-18-19-30(38-22-26)23-36-21-27-14-16-28(17-15-27)24-41(25-34-39-31-11-4-5-12-32(31)40-34)33-13-6-9-29-10-7-20-37-35(29)33/h4-5,7,10-12,14-20,22,33,36H,2-3,6,8-9,13,21,23-25H2,1H3,(H,39,40). The average Bonchev–Trinajstić information content (AvgIpc) is 3.43. The summed E-state index contributed by atoms with van der Waals surface area (Å²) >= 11 is 0. The first-order chi connectivity index (χ1) is 20.2. The second kappa shape index (κ2) is 13.2. The molecular formula is C35H40N6. The molecule has 0 saturated heterocycles. The minimum absolute atomic E-state index is 0.273. The molecule has 2 N–H and O–H groups in total. The molecule has 6 nitrogen and oxygen atoms in total. The van der Waals surface area contributed by atoms with Crippen molar-refractivity contribution in [2.24, 2.45) is 0 Å². The largest absolute Gasteiger partial charge is 0.341 e. The number of pyridine rings is 2. The molecule has 1 unspecified atom stereocenters. The summed E-state index contributed by atoms with van der Waals surface area (Å²) in [4.78, 5) is 20.5. The lowest BCUT2D eigenvalue weighted by molar-refractivity contribution is 0.153. The van der Waals surface area contributed by atoms with Crippen molar-refractivity contribution in [1.82, 2.24) is 30.2 Å². The summed E-state index contributed by atoms with van der Waals surface area (Å²) in [6.45, 7) is 5.42. The predicted molar refractivity (Wildman–Crippen MR) is 165 cm³/mol. The number of aromatic amines is 1. The van der Waals surface area contributed by atoms with Gasteiger partial charge in [-0.2, -0.15) is 0 Å². The highest BCUT2D eigenvalue weighted by Gasteiger charge is 2.28. The highest BCUT2D eigenvalue weighted by atomic mass is 15.2.